The molecule has 1 aromatic heterocycles. The Kier molecular flexibility index (Phi) is 9.10. The zero-order valence-corrected chi connectivity index (χ0v) is 18.5. The van der Waals surface area contributed by atoms with Crippen LogP contribution in [0.15, 0.2) is 52.9 Å². The third-order valence-corrected chi connectivity index (χ3v) is 4.36. The van der Waals surface area contributed by atoms with Crippen LogP contribution in [0.25, 0.3) is 11.0 Å². The first-order chi connectivity index (χ1) is 15.0. The van der Waals surface area contributed by atoms with Gasteiger partial charge in [-0.05, 0) is 50.5 Å². The molecule has 0 saturated heterocycles. The summed E-state index contributed by atoms with van der Waals surface area (Å²) in [5.41, 5.74) is 3.13. The Morgan fingerprint density at radius 1 is 1.12 bits per heavy atom. The second-order valence-corrected chi connectivity index (χ2v) is 6.93. The molecule has 0 aliphatic rings. The number of fused-ring (bicyclic) bond motifs is 1. The number of halogens is 1. The van der Waals surface area contributed by atoms with E-state index in [-0.39, 0.29) is 30.6 Å². The Bertz CT molecular complexity index is 1130. The molecule has 0 fully saturated rings. The third kappa shape index (κ3) is 6.49. The highest BCUT2D eigenvalue weighted by Gasteiger charge is 2.14. The van der Waals surface area contributed by atoms with E-state index in [1.165, 1.54) is 0 Å². The molecule has 0 spiro atoms. The molecule has 0 radical (unpaired) electrons. The van der Waals surface area contributed by atoms with Gasteiger partial charge in [-0.15, -0.1) is 12.4 Å². The molecule has 3 aromatic rings. The molecule has 168 valence electrons. The Hall–Kier alpha value is -3.51. The average Bonchev–Trinajstić information content (AvgIpc) is 3.21. The number of hydroxylamine groups is 1. The van der Waals surface area contributed by atoms with Crippen LogP contribution in [-0.2, 0) is 0 Å². The van der Waals surface area contributed by atoms with E-state index in [2.05, 4.69) is 17.2 Å². The number of nitrogens with one attached hydrogen (secondary N) is 2. The molecular weight excluding hydrogens is 434 g/mol. The van der Waals surface area contributed by atoms with Crippen molar-refractivity contribution in [3.05, 3.63) is 65.4 Å². The van der Waals surface area contributed by atoms with E-state index >= 15 is 0 Å². The molecule has 0 aliphatic carbocycles. The van der Waals surface area contributed by atoms with Gasteiger partial charge < -0.3 is 19.4 Å². The van der Waals surface area contributed by atoms with Gasteiger partial charge in [0.25, 0.3) is 11.8 Å². The van der Waals surface area contributed by atoms with Gasteiger partial charge in [-0.3, -0.25) is 14.8 Å². The van der Waals surface area contributed by atoms with Crippen molar-refractivity contribution >= 4 is 35.2 Å². The van der Waals surface area contributed by atoms with Gasteiger partial charge in [-0.2, -0.15) is 0 Å². The molecule has 0 bridgehead atoms. The first kappa shape index (κ1) is 24.8. The smallest absolute Gasteiger partial charge is 0.287 e. The number of hydrogen-bond acceptors (Lipinski definition) is 6. The standard InChI is InChI=1S/C23H23N3O5.ClH/c1-26(2)13-14-30-19-6-3-7-20-18(19)15-21(31-20)23(28)24-12-4-5-16-8-10-17(11-9-16)22(27)25-29;/h3,6-11,15,29H,12-14H2,1-2H3,(H,24,28)(H,25,27);1H. The Balaban J connectivity index is 0.00000363. The van der Waals surface area contributed by atoms with Crippen molar-refractivity contribution in [3.8, 4) is 17.6 Å². The van der Waals surface area contributed by atoms with Crippen LogP contribution in [0.4, 0.5) is 0 Å². The quantitative estimate of drug-likeness (QED) is 0.286. The predicted octanol–water partition coefficient (Wildman–Crippen LogP) is 2.70. The highest BCUT2D eigenvalue weighted by atomic mass is 35.5. The lowest BCUT2D eigenvalue weighted by Crippen LogP contribution is -2.23. The van der Waals surface area contributed by atoms with Gasteiger partial charge in [0.05, 0.1) is 11.9 Å². The van der Waals surface area contributed by atoms with Gasteiger partial charge in [0.1, 0.15) is 17.9 Å². The van der Waals surface area contributed by atoms with E-state index < -0.39 is 5.91 Å². The van der Waals surface area contributed by atoms with Crippen molar-refractivity contribution < 1.29 is 24.0 Å². The average molecular weight is 458 g/mol. The zero-order chi connectivity index (χ0) is 22.2. The number of amides is 2. The molecule has 2 amide bonds. The summed E-state index contributed by atoms with van der Waals surface area (Å²) in [6.45, 7) is 1.43. The fraction of sp³-hybridized carbons (Fsp3) is 0.217. The van der Waals surface area contributed by atoms with E-state index in [1.54, 1.807) is 41.9 Å². The number of carbonyl (C=O) groups excluding carboxylic acids is 2. The normalized spacial score (nSPS) is 10.1. The summed E-state index contributed by atoms with van der Waals surface area (Å²) in [4.78, 5) is 25.7. The van der Waals surface area contributed by atoms with Gasteiger partial charge in [-0.1, -0.05) is 17.9 Å². The Morgan fingerprint density at radius 3 is 2.56 bits per heavy atom. The van der Waals surface area contributed by atoms with Crippen molar-refractivity contribution in [3.63, 3.8) is 0 Å². The Morgan fingerprint density at radius 2 is 1.88 bits per heavy atom. The predicted molar refractivity (Wildman–Crippen MR) is 122 cm³/mol. The number of benzene rings is 2. The molecule has 0 atom stereocenters. The molecule has 32 heavy (non-hydrogen) atoms. The first-order valence-electron chi connectivity index (χ1n) is 9.59. The number of hydrogen-bond donors (Lipinski definition) is 3. The van der Waals surface area contributed by atoms with Crippen molar-refractivity contribution in [2.75, 3.05) is 33.8 Å². The van der Waals surface area contributed by atoms with E-state index in [4.69, 9.17) is 14.4 Å². The minimum Gasteiger partial charge on any atom is -0.491 e. The minimum atomic E-state index is -0.594. The van der Waals surface area contributed by atoms with E-state index in [9.17, 15) is 9.59 Å². The van der Waals surface area contributed by atoms with Gasteiger partial charge >= 0.3 is 0 Å². The maximum absolute atomic E-state index is 12.4. The summed E-state index contributed by atoms with van der Waals surface area (Å²) >= 11 is 0. The number of furan rings is 1. The number of carbonyl (C=O) groups is 2. The summed E-state index contributed by atoms with van der Waals surface area (Å²) in [5.74, 6) is 5.61. The lowest BCUT2D eigenvalue weighted by atomic mass is 10.1. The number of rotatable bonds is 7. The summed E-state index contributed by atoms with van der Waals surface area (Å²) in [7, 11) is 3.94. The van der Waals surface area contributed by atoms with Crippen molar-refractivity contribution in [1.82, 2.24) is 15.7 Å². The fourth-order valence-electron chi connectivity index (χ4n) is 2.74. The number of ether oxygens (including phenoxy) is 1. The molecule has 1 heterocycles. The SMILES string of the molecule is CN(C)CCOc1cccc2oc(C(=O)NCC#Cc3ccc(C(=O)NO)cc3)cc12.Cl. The maximum atomic E-state index is 12.4. The van der Waals surface area contributed by atoms with Crippen LogP contribution in [0, 0.1) is 11.8 Å². The van der Waals surface area contributed by atoms with Gasteiger partial charge in [-0.25, -0.2) is 5.48 Å². The zero-order valence-electron chi connectivity index (χ0n) is 17.7. The summed E-state index contributed by atoms with van der Waals surface area (Å²) in [5, 5.41) is 12.0. The van der Waals surface area contributed by atoms with Crippen LogP contribution in [-0.4, -0.2) is 55.7 Å². The molecule has 2 aromatic carbocycles. The molecule has 8 nitrogen and oxygen atoms in total. The monoisotopic (exact) mass is 457 g/mol. The topological polar surface area (TPSA) is 104 Å². The number of nitrogens with zero attached hydrogens (tertiary/aromatic N) is 1. The number of likely N-dealkylation sites (N-methyl/N-ethyl adjacent to an activating group) is 1. The second kappa shape index (κ2) is 11.8. The van der Waals surface area contributed by atoms with Crippen LogP contribution < -0.4 is 15.5 Å². The van der Waals surface area contributed by atoms with Crippen LogP contribution >= 0.6 is 12.4 Å². The highest BCUT2D eigenvalue weighted by Crippen LogP contribution is 2.28. The van der Waals surface area contributed by atoms with E-state index in [1.807, 2.05) is 31.1 Å². The lowest BCUT2D eigenvalue weighted by molar-refractivity contribution is 0.0706. The highest BCUT2D eigenvalue weighted by molar-refractivity contribution is 5.97. The van der Waals surface area contributed by atoms with Crippen molar-refractivity contribution in [2.45, 2.75) is 0 Å². The van der Waals surface area contributed by atoms with Gasteiger partial charge in [0.15, 0.2) is 5.76 Å². The van der Waals surface area contributed by atoms with Crippen LogP contribution in [0.2, 0.25) is 0 Å². The molecule has 0 saturated carbocycles. The minimum absolute atomic E-state index is 0. The summed E-state index contributed by atoms with van der Waals surface area (Å²) in [6, 6.07) is 13.5. The fourth-order valence-corrected chi connectivity index (χ4v) is 2.74. The lowest BCUT2D eigenvalue weighted by Gasteiger charge is -2.11. The molecule has 3 rings (SSSR count). The van der Waals surface area contributed by atoms with E-state index in [0.717, 1.165) is 11.9 Å². The van der Waals surface area contributed by atoms with Crippen molar-refractivity contribution in [1.29, 1.82) is 0 Å². The molecule has 0 unspecified atom stereocenters. The molecule has 3 N–H and O–H groups in total. The molecule has 0 aliphatic heterocycles. The van der Waals surface area contributed by atoms with Crippen LogP contribution in [0.5, 0.6) is 5.75 Å². The van der Waals surface area contributed by atoms with Crippen LogP contribution in [0.3, 0.4) is 0 Å². The summed E-state index contributed by atoms with van der Waals surface area (Å²) in [6.07, 6.45) is 0. The van der Waals surface area contributed by atoms with Gasteiger partial charge in [0.2, 0.25) is 0 Å². The molecule has 9 heteroatoms. The van der Waals surface area contributed by atoms with E-state index in [0.29, 0.717) is 29.1 Å². The third-order valence-electron chi connectivity index (χ3n) is 4.36. The Labute approximate surface area is 191 Å². The van der Waals surface area contributed by atoms with Gasteiger partial charge in [0, 0.05) is 23.7 Å². The summed E-state index contributed by atoms with van der Waals surface area (Å²) < 4.78 is 11.5. The van der Waals surface area contributed by atoms with Crippen molar-refractivity contribution in [2.24, 2.45) is 0 Å². The maximum Gasteiger partial charge on any atom is 0.287 e. The van der Waals surface area contributed by atoms with Crippen LogP contribution in [0.1, 0.15) is 26.5 Å². The molecular formula is C23H24ClN3O5. The second-order valence-electron chi connectivity index (χ2n) is 6.93. The first-order valence-corrected chi connectivity index (χ1v) is 9.59. The largest absolute Gasteiger partial charge is 0.491 e.